The van der Waals surface area contributed by atoms with E-state index in [2.05, 4.69) is 0 Å². The Morgan fingerprint density at radius 2 is 1.92 bits per heavy atom. The second kappa shape index (κ2) is 2.94. The van der Waals surface area contributed by atoms with Gasteiger partial charge in [-0.1, -0.05) is 30.3 Å². The third kappa shape index (κ3) is 1.36. The summed E-state index contributed by atoms with van der Waals surface area (Å²) >= 11 is 0. The minimum Gasteiger partial charge on any atom is -0.376 e. The molecule has 3 nitrogen and oxygen atoms in total. The summed E-state index contributed by atoms with van der Waals surface area (Å²) in [6.45, 7) is 0.668. The summed E-state index contributed by atoms with van der Waals surface area (Å²) in [6, 6.07) is 9.08. The topological polar surface area (TPSA) is 52.3 Å². The molecule has 1 aliphatic heterocycles. The van der Waals surface area contributed by atoms with Crippen LogP contribution in [0.5, 0.6) is 0 Å². The van der Waals surface area contributed by atoms with Crippen LogP contribution in [0.1, 0.15) is 10.4 Å². The van der Waals surface area contributed by atoms with Crippen molar-refractivity contribution in [3.05, 3.63) is 35.9 Å². The average Bonchev–Trinajstić information content (AvgIpc) is 2.14. The first-order chi connectivity index (χ1) is 6.22. The van der Waals surface area contributed by atoms with Crippen molar-refractivity contribution in [3.8, 4) is 0 Å². The highest BCUT2D eigenvalue weighted by Gasteiger charge is 2.41. The second-order valence-electron chi connectivity index (χ2n) is 3.34. The van der Waals surface area contributed by atoms with Crippen LogP contribution >= 0.6 is 0 Å². The van der Waals surface area contributed by atoms with Gasteiger partial charge in [0, 0.05) is 5.56 Å². The monoisotopic (exact) mass is 177 g/mol. The second-order valence-corrected chi connectivity index (χ2v) is 3.34. The summed E-state index contributed by atoms with van der Waals surface area (Å²) in [7, 11) is 0. The largest absolute Gasteiger partial charge is 0.376 e. The maximum atomic E-state index is 11.7. The zero-order chi connectivity index (χ0) is 9.31. The van der Waals surface area contributed by atoms with Gasteiger partial charge < -0.3 is 10.5 Å². The number of carbonyl (C=O) groups is 1. The minimum atomic E-state index is -0.776. The van der Waals surface area contributed by atoms with Crippen LogP contribution in [0.15, 0.2) is 30.3 Å². The van der Waals surface area contributed by atoms with Gasteiger partial charge in [0.25, 0.3) is 0 Å². The van der Waals surface area contributed by atoms with Crippen LogP contribution in [-0.4, -0.2) is 24.5 Å². The molecule has 1 heterocycles. The molecule has 1 aliphatic rings. The van der Waals surface area contributed by atoms with Crippen LogP contribution in [0.2, 0.25) is 0 Å². The molecule has 0 amide bonds. The molecular formula is C10H11NO2. The lowest BCUT2D eigenvalue weighted by atomic mass is 9.89. The Hall–Kier alpha value is -1.19. The van der Waals surface area contributed by atoms with Crippen molar-refractivity contribution in [2.75, 3.05) is 13.2 Å². The number of ketones is 1. The van der Waals surface area contributed by atoms with E-state index in [0.717, 1.165) is 0 Å². The van der Waals surface area contributed by atoms with Crippen molar-refractivity contribution in [1.29, 1.82) is 0 Å². The van der Waals surface area contributed by atoms with E-state index >= 15 is 0 Å². The third-order valence-electron chi connectivity index (χ3n) is 2.21. The van der Waals surface area contributed by atoms with Crippen LogP contribution in [0.4, 0.5) is 0 Å². The molecule has 0 radical (unpaired) electrons. The highest BCUT2D eigenvalue weighted by Crippen LogP contribution is 2.19. The third-order valence-corrected chi connectivity index (χ3v) is 2.21. The first-order valence-electron chi connectivity index (χ1n) is 4.19. The van der Waals surface area contributed by atoms with Crippen molar-refractivity contribution in [3.63, 3.8) is 0 Å². The quantitative estimate of drug-likeness (QED) is 0.673. The van der Waals surface area contributed by atoms with E-state index in [-0.39, 0.29) is 5.78 Å². The molecule has 0 aromatic heterocycles. The number of carbonyl (C=O) groups excluding carboxylic acids is 1. The molecule has 0 aliphatic carbocycles. The Morgan fingerprint density at radius 1 is 1.31 bits per heavy atom. The van der Waals surface area contributed by atoms with E-state index in [4.69, 9.17) is 10.5 Å². The normalized spacial score (nSPS) is 19.2. The van der Waals surface area contributed by atoms with Gasteiger partial charge in [-0.25, -0.2) is 0 Å². The lowest BCUT2D eigenvalue weighted by molar-refractivity contribution is -0.0375. The molecule has 1 saturated heterocycles. The first kappa shape index (κ1) is 8.41. The smallest absolute Gasteiger partial charge is 0.187 e. The number of rotatable bonds is 2. The Morgan fingerprint density at radius 3 is 2.38 bits per heavy atom. The molecule has 1 aromatic rings. The number of nitrogens with two attached hydrogens (primary N) is 1. The Bertz CT molecular complexity index is 317. The molecule has 0 atom stereocenters. The van der Waals surface area contributed by atoms with Crippen molar-refractivity contribution in [1.82, 2.24) is 0 Å². The lowest BCUT2D eigenvalue weighted by Crippen LogP contribution is -2.63. The summed E-state index contributed by atoms with van der Waals surface area (Å²) in [5.74, 6) is -0.0284. The van der Waals surface area contributed by atoms with Crippen LogP contribution in [0.25, 0.3) is 0 Å². The predicted molar refractivity (Wildman–Crippen MR) is 48.5 cm³/mol. The number of ether oxygens (including phenoxy) is 1. The fourth-order valence-corrected chi connectivity index (χ4v) is 1.33. The number of benzene rings is 1. The summed E-state index contributed by atoms with van der Waals surface area (Å²) in [6.07, 6.45) is 0. The van der Waals surface area contributed by atoms with Crippen molar-refractivity contribution >= 4 is 5.78 Å². The summed E-state index contributed by atoms with van der Waals surface area (Å²) in [5.41, 5.74) is 5.69. The van der Waals surface area contributed by atoms with Gasteiger partial charge in [0.05, 0.1) is 13.2 Å². The van der Waals surface area contributed by atoms with Gasteiger partial charge in [-0.15, -0.1) is 0 Å². The minimum absolute atomic E-state index is 0.0284. The van der Waals surface area contributed by atoms with Crippen LogP contribution in [-0.2, 0) is 4.74 Å². The van der Waals surface area contributed by atoms with E-state index in [1.54, 1.807) is 12.1 Å². The van der Waals surface area contributed by atoms with Crippen LogP contribution < -0.4 is 5.73 Å². The zero-order valence-corrected chi connectivity index (χ0v) is 7.19. The highest BCUT2D eigenvalue weighted by atomic mass is 16.5. The van der Waals surface area contributed by atoms with Gasteiger partial charge in [0.15, 0.2) is 5.78 Å². The summed E-state index contributed by atoms with van der Waals surface area (Å²) < 4.78 is 4.93. The molecule has 2 N–H and O–H groups in total. The van der Waals surface area contributed by atoms with Crippen molar-refractivity contribution in [2.45, 2.75) is 5.54 Å². The van der Waals surface area contributed by atoms with Crippen LogP contribution in [0, 0.1) is 0 Å². The fraction of sp³-hybridized carbons (Fsp3) is 0.300. The van der Waals surface area contributed by atoms with Gasteiger partial charge in [-0.2, -0.15) is 0 Å². The van der Waals surface area contributed by atoms with Crippen LogP contribution in [0.3, 0.4) is 0 Å². The lowest BCUT2D eigenvalue weighted by Gasteiger charge is -2.36. The van der Waals surface area contributed by atoms with Gasteiger partial charge in [0.1, 0.15) is 5.54 Å². The van der Waals surface area contributed by atoms with E-state index in [9.17, 15) is 4.79 Å². The molecular weight excluding hydrogens is 166 g/mol. The number of hydrogen-bond acceptors (Lipinski definition) is 3. The molecule has 0 spiro atoms. The Kier molecular flexibility index (Phi) is 1.90. The molecule has 2 rings (SSSR count). The highest BCUT2D eigenvalue weighted by molar-refractivity contribution is 6.03. The molecule has 1 aromatic carbocycles. The summed E-state index contributed by atoms with van der Waals surface area (Å²) in [5, 5.41) is 0. The number of hydrogen-bond donors (Lipinski definition) is 1. The zero-order valence-electron chi connectivity index (χ0n) is 7.19. The van der Waals surface area contributed by atoms with Gasteiger partial charge in [0.2, 0.25) is 0 Å². The first-order valence-corrected chi connectivity index (χ1v) is 4.19. The van der Waals surface area contributed by atoms with E-state index in [1.807, 2.05) is 18.2 Å². The average molecular weight is 177 g/mol. The summed E-state index contributed by atoms with van der Waals surface area (Å²) in [4.78, 5) is 11.7. The molecule has 13 heavy (non-hydrogen) atoms. The van der Waals surface area contributed by atoms with Crippen molar-refractivity contribution in [2.24, 2.45) is 5.73 Å². The molecule has 0 unspecified atom stereocenters. The number of Topliss-reactive ketones (excluding diaryl/α,β-unsaturated/α-hetero) is 1. The maximum absolute atomic E-state index is 11.7. The predicted octanol–water partition coefficient (Wildman–Crippen LogP) is 0.597. The SMILES string of the molecule is NC1(C(=O)c2ccccc2)COC1. The molecule has 68 valence electrons. The van der Waals surface area contributed by atoms with E-state index in [1.165, 1.54) is 0 Å². The van der Waals surface area contributed by atoms with E-state index in [0.29, 0.717) is 18.8 Å². The molecule has 1 fully saturated rings. The standard InChI is InChI=1S/C10H11NO2/c11-10(6-13-7-10)9(12)8-4-2-1-3-5-8/h1-5H,6-7,11H2. The van der Waals surface area contributed by atoms with Gasteiger partial charge in [-0.05, 0) is 0 Å². The Balaban J connectivity index is 2.23. The fourth-order valence-electron chi connectivity index (χ4n) is 1.33. The Labute approximate surface area is 76.5 Å². The molecule has 3 heteroatoms. The molecule has 0 saturated carbocycles. The van der Waals surface area contributed by atoms with Gasteiger partial charge >= 0.3 is 0 Å². The van der Waals surface area contributed by atoms with E-state index < -0.39 is 5.54 Å². The maximum Gasteiger partial charge on any atom is 0.187 e. The van der Waals surface area contributed by atoms with Gasteiger partial charge in [-0.3, -0.25) is 4.79 Å². The molecule has 0 bridgehead atoms. The van der Waals surface area contributed by atoms with Crippen molar-refractivity contribution < 1.29 is 9.53 Å².